The van der Waals surface area contributed by atoms with Gasteiger partial charge in [-0.05, 0) is 53.6 Å². The van der Waals surface area contributed by atoms with Crippen LogP contribution >= 0.6 is 0 Å². The van der Waals surface area contributed by atoms with Crippen LogP contribution in [0.15, 0.2) is 96.1 Å². The van der Waals surface area contributed by atoms with Gasteiger partial charge in [0.25, 0.3) is 11.5 Å². The number of amides is 1. The maximum absolute atomic E-state index is 13.4. The Kier molecular flexibility index (Phi) is 5.89. The van der Waals surface area contributed by atoms with Crippen LogP contribution in [-0.2, 0) is 6.54 Å². The Balaban J connectivity index is 1.70. The van der Waals surface area contributed by atoms with Crippen molar-refractivity contribution in [1.82, 2.24) is 9.97 Å². The van der Waals surface area contributed by atoms with Crippen LogP contribution in [0.2, 0.25) is 0 Å². The molecule has 0 atom stereocenters. The van der Waals surface area contributed by atoms with E-state index in [1.807, 2.05) is 42.5 Å². The van der Waals surface area contributed by atoms with Crippen LogP contribution in [0, 0.1) is 0 Å². The summed E-state index contributed by atoms with van der Waals surface area (Å²) >= 11 is 0. The zero-order valence-corrected chi connectivity index (χ0v) is 17.0. The fraction of sp³-hybridized carbons (Fsp3) is 0.0800. The predicted octanol–water partition coefficient (Wildman–Crippen LogP) is 4.29. The normalized spacial score (nSPS) is 10.5. The van der Waals surface area contributed by atoms with E-state index in [4.69, 9.17) is 4.74 Å². The quantitative estimate of drug-likeness (QED) is 0.514. The number of H-pyrrole nitrogens is 1. The maximum Gasteiger partial charge on any atom is 0.264 e. The minimum Gasteiger partial charge on any atom is -0.497 e. The average Bonchev–Trinajstić information content (AvgIpc) is 2.83. The van der Waals surface area contributed by atoms with Crippen molar-refractivity contribution >= 4 is 11.6 Å². The maximum atomic E-state index is 13.4. The van der Waals surface area contributed by atoms with Crippen LogP contribution in [0.3, 0.4) is 0 Å². The van der Waals surface area contributed by atoms with Gasteiger partial charge in [-0.15, -0.1) is 0 Å². The van der Waals surface area contributed by atoms with E-state index in [-0.39, 0.29) is 12.1 Å². The molecule has 2 aromatic heterocycles. The summed E-state index contributed by atoms with van der Waals surface area (Å²) in [5.74, 6) is 0.289. The smallest absolute Gasteiger partial charge is 0.264 e. The number of carbonyl (C=O) groups is 1. The Morgan fingerprint density at radius 3 is 2.39 bits per heavy atom. The summed E-state index contributed by atoms with van der Waals surface area (Å²) in [6.07, 6.45) is 3.38. The number of ether oxygens (including phenoxy) is 1. The number of pyridine rings is 2. The zero-order valence-electron chi connectivity index (χ0n) is 17.0. The summed E-state index contributed by atoms with van der Waals surface area (Å²) in [6, 6.07) is 23.7. The summed E-state index contributed by atoms with van der Waals surface area (Å²) in [6.45, 7) is 0.277. The molecule has 0 aliphatic carbocycles. The molecule has 154 valence electrons. The first kappa shape index (κ1) is 20.1. The van der Waals surface area contributed by atoms with Crippen molar-refractivity contribution in [1.29, 1.82) is 0 Å². The highest BCUT2D eigenvalue weighted by molar-refractivity contribution is 6.05. The van der Waals surface area contributed by atoms with Crippen molar-refractivity contribution in [2.24, 2.45) is 0 Å². The summed E-state index contributed by atoms with van der Waals surface area (Å²) in [5.41, 5.74) is 2.67. The molecular weight excluding hydrogens is 390 g/mol. The van der Waals surface area contributed by atoms with Gasteiger partial charge in [0.15, 0.2) is 0 Å². The van der Waals surface area contributed by atoms with E-state index >= 15 is 0 Å². The first-order chi connectivity index (χ1) is 15.2. The number of methoxy groups -OCH3 is 1. The van der Waals surface area contributed by atoms with Gasteiger partial charge < -0.3 is 14.6 Å². The minimum absolute atomic E-state index is 0.0689. The van der Waals surface area contributed by atoms with Crippen molar-refractivity contribution in [2.45, 2.75) is 6.54 Å². The van der Waals surface area contributed by atoms with Crippen molar-refractivity contribution < 1.29 is 9.53 Å². The summed E-state index contributed by atoms with van der Waals surface area (Å²) in [7, 11) is 1.58. The average molecular weight is 411 g/mol. The largest absolute Gasteiger partial charge is 0.497 e. The monoisotopic (exact) mass is 411 g/mol. The molecule has 2 heterocycles. The second-order valence-corrected chi connectivity index (χ2v) is 6.93. The molecule has 0 fully saturated rings. The highest BCUT2D eigenvalue weighted by Gasteiger charge is 2.21. The van der Waals surface area contributed by atoms with Crippen LogP contribution in [0.4, 0.5) is 5.69 Å². The van der Waals surface area contributed by atoms with Crippen molar-refractivity contribution in [2.75, 3.05) is 12.0 Å². The van der Waals surface area contributed by atoms with Gasteiger partial charge in [0.1, 0.15) is 11.3 Å². The molecule has 0 spiro atoms. The Morgan fingerprint density at radius 1 is 0.968 bits per heavy atom. The van der Waals surface area contributed by atoms with Crippen LogP contribution in [-0.4, -0.2) is 23.0 Å². The number of nitrogens with one attached hydrogen (secondary N) is 1. The fourth-order valence-corrected chi connectivity index (χ4v) is 3.29. The molecule has 4 aromatic rings. The number of hydrogen-bond donors (Lipinski definition) is 1. The molecule has 4 rings (SSSR count). The molecule has 0 radical (unpaired) electrons. The van der Waals surface area contributed by atoms with Gasteiger partial charge in [-0.2, -0.15) is 0 Å². The summed E-state index contributed by atoms with van der Waals surface area (Å²) in [5, 5.41) is 0. The van der Waals surface area contributed by atoms with Gasteiger partial charge in [-0.3, -0.25) is 14.6 Å². The van der Waals surface area contributed by atoms with Crippen LogP contribution in [0.1, 0.15) is 15.9 Å². The molecule has 0 saturated carbocycles. The van der Waals surface area contributed by atoms with Crippen molar-refractivity contribution in [3.05, 3.63) is 113 Å². The van der Waals surface area contributed by atoms with E-state index in [0.717, 1.165) is 11.1 Å². The number of carbonyl (C=O) groups excluding carboxylic acids is 1. The zero-order chi connectivity index (χ0) is 21.6. The summed E-state index contributed by atoms with van der Waals surface area (Å²) in [4.78, 5) is 34.7. The standard InChI is InChI=1S/C25H21N3O3/c1-31-21-11-9-20(10-12-21)28(17-18-6-5-15-26-16-18)25(30)22-13-14-23(27-24(22)29)19-7-3-2-4-8-19/h2-16H,17H2,1H3,(H,27,29). The molecule has 0 unspecified atom stereocenters. The molecule has 2 aromatic carbocycles. The van der Waals surface area contributed by atoms with Crippen molar-refractivity contribution in [3.8, 4) is 17.0 Å². The van der Waals surface area contributed by atoms with E-state index in [9.17, 15) is 9.59 Å². The number of anilines is 1. The first-order valence-electron chi connectivity index (χ1n) is 9.79. The molecule has 0 aliphatic heterocycles. The second kappa shape index (κ2) is 9.09. The van der Waals surface area contributed by atoms with Crippen LogP contribution in [0.5, 0.6) is 5.75 Å². The van der Waals surface area contributed by atoms with Crippen molar-refractivity contribution in [3.63, 3.8) is 0 Å². The Bertz CT molecular complexity index is 1220. The number of aromatic nitrogens is 2. The van der Waals surface area contributed by atoms with Gasteiger partial charge in [0.2, 0.25) is 0 Å². The van der Waals surface area contributed by atoms with Gasteiger partial charge in [-0.25, -0.2) is 0 Å². The van der Waals surface area contributed by atoms with E-state index in [0.29, 0.717) is 17.1 Å². The predicted molar refractivity (Wildman–Crippen MR) is 120 cm³/mol. The number of benzene rings is 2. The molecule has 0 aliphatic rings. The van der Waals surface area contributed by atoms with E-state index in [1.165, 1.54) is 0 Å². The topological polar surface area (TPSA) is 75.3 Å². The van der Waals surface area contributed by atoms with E-state index < -0.39 is 11.5 Å². The van der Waals surface area contributed by atoms with Gasteiger partial charge in [0.05, 0.1) is 13.7 Å². The Morgan fingerprint density at radius 2 is 1.74 bits per heavy atom. The fourth-order valence-electron chi connectivity index (χ4n) is 3.29. The molecule has 1 amide bonds. The highest BCUT2D eigenvalue weighted by Crippen LogP contribution is 2.23. The highest BCUT2D eigenvalue weighted by atomic mass is 16.5. The minimum atomic E-state index is -0.434. The molecule has 0 saturated heterocycles. The lowest BCUT2D eigenvalue weighted by atomic mass is 10.1. The SMILES string of the molecule is COc1ccc(N(Cc2cccnc2)C(=O)c2ccc(-c3ccccc3)[nH]c2=O)cc1. The Labute approximate surface area is 179 Å². The third kappa shape index (κ3) is 4.53. The summed E-state index contributed by atoms with van der Waals surface area (Å²) < 4.78 is 5.22. The van der Waals surface area contributed by atoms with Gasteiger partial charge >= 0.3 is 0 Å². The molecule has 0 bridgehead atoms. The second-order valence-electron chi connectivity index (χ2n) is 6.93. The van der Waals surface area contributed by atoms with Crippen LogP contribution < -0.4 is 15.2 Å². The molecule has 31 heavy (non-hydrogen) atoms. The lowest BCUT2D eigenvalue weighted by molar-refractivity contribution is 0.0983. The van der Waals surface area contributed by atoms with Gasteiger partial charge in [-0.1, -0.05) is 36.4 Å². The third-order valence-corrected chi connectivity index (χ3v) is 4.92. The number of nitrogens with zero attached hydrogens (tertiary/aromatic N) is 2. The number of hydrogen-bond acceptors (Lipinski definition) is 4. The van der Waals surface area contributed by atoms with Gasteiger partial charge in [0, 0.05) is 23.8 Å². The lowest BCUT2D eigenvalue weighted by Gasteiger charge is -2.23. The van der Waals surface area contributed by atoms with E-state index in [1.54, 1.807) is 60.8 Å². The first-order valence-corrected chi connectivity index (χ1v) is 9.79. The van der Waals surface area contributed by atoms with E-state index in [2.05, 4.69) is 9.97 Å². The number of rotatable bonds is 6. The molecule has 6 nitrogen and oxygen atoms in total. The third-order valence-electron chi connectivity index (χ3n) is 4.92. The number of aromatic amines is 1. The molecule has 6 heteroatoms. The molecule has 1 N–H and O–H groups in total. The van der Waals surface area contributed by atoms with Crippen LogP contribution in [0.25, 0.3) is 11.3 Å². The molecular formula is C25H21N3O3. The lowest BCUT2D eigenvalue weighted by Crippen LogP contribution is -2.34. The Hall–Kier alpha value is -4.19.